The minimum Gasteiger partial charge on any atom is -0.350 e. The van der Waals surface area contributed by atoms with Gasteiger partial charge in [0.05, 0.1) is 6.04 Å². The fourth-order valence-electron chi connectivity index (χ4n) is 4.98. The molecule has 7 heteroatoms. The number of nitrogens with zero attached hydrogens (tertiary/aromatic N) is 2. The molecule has 7 nitrogen and oxygen atoms in total. The summed E-state index contributed by atoms with van der Waals surface area (Å²) in [4.78, 5) is 43.2. The molecule has 172 valence electrons. The molecule has 0 bridgehead atoms. The zero-order chi connectivity index (χ0) is 22.5. The molecule has 1 aromatic rings. The van der Waals surface area contributed by atoms with Crippen LogP contribution in [-0.2, 0) is 20.9 Å². The summed E-state index contributed by atoms with van der Waals surface area (Å²) in [6.07, 6.45) is 7.93. The van der Waals surface area contributed by atoms with Gasteiger partial charge in [0, 0.05) is 12.2 Å². The van der Waals surface area contributed by atoms with Crippen molar-refractivity contribution in [3.05, 3.63) is 47.7 Å². The van der Waals surface area contributed by atoms with Crippen molar-refractivity contribution < 1.29 is 14.4 Å². The molecule has 3 aliphatic heterocycles. The molecule has 0 aliphatic carbocycles. The van der Waals surface area contributed by atoms with Crippen molar-refractivity contribution in [2.24, 2.45) is 0 Å². The van der Waals surface area contributed by atoms with Gasteiger partial charge in [0.25, 0.3) is 0 Å². The number of carbonyl (C=O) groups excluding carboxylic acids is 3. The molecule has 0 spiro atoms. The maximum Gasteiger partial charge on any atom is 0.250 e. The van der Waals surface area contributed by atoms with Crippen LogP contribution in [0.15, 0.2) is 42.1 Å². The maximum absolute atomic E-state index is 13.5. The van der Waals surface area contributed by atoms with Gasteiger partial charge in [0.1, 0.15) is 12.1 Å². The highest BCUT2D eigenvalue weighted by Gasteiger charge is 2.41. The van der Waals surface area contributed by atoms with Crippen molar-refractivity contribution in [1.82, 2.24) is 20.4 Å². The molecule has 3 atom stereocenters. The lowest BCUT2D eigenvalue weighted by Gasteiger charge is -2.32. The number of hydrogen-bond acceptors (Lipinski definition) is 4. The largest absolute Gasteiger partial charge is 0.350 e. The molecule has 2 N–H and O–H groups in total. The number of likely N-dealkylation sites (tertiary alicyclic amines) is 1. The van der Waals surface area contributed by atoms with E-state index in [1.165, 1.54) is 0 Å². The molecule has 32 heavy (non-hydrogen) atoms. The van der Waals surface area contributed by atoms with Gasteiger partial charge in [-0.15, -0.1) is 0 Å². The second-order valence-electron chi connectivity index (χ2n) is 9.07. The molecule has 0 saturated carbocycles. The van der Waals surface area contributed by atoms with Crippen molar-refractivity contribution >= 4 is 17.7 Å². The van der Waals surface area contributed by atoms with E-state index in [1.54, 1.807) is 4.90 Å². The van der Waals surface area contributed by atoms with E-state index in [-0.39, 0.29) is 23.8 Å². The van der Waals surface area contributed by atoms with Gasteiger partial charge in [-0.2, -0.15) is 0 Å². The fraction of sp³-hybridized carbons (Fsp3) is 0.560. The molecule has 4 rings (SSSR count). The molecule has 3 amide bonds. The summed E-state index contributed by atoms with van der Waals surface area (Å²) in [5.41, 5.74) is 1.94. The lowest BCUT2D eigenvalue weighted by Crippen LogP contribution is -2.55. The van der Waals surface area contributed by atoms with E-state index in [1.807, 2.05) is 37.3 Å². The van der Waals surface area contributed by atoms with Crippen LogP contribution in [0.4, 0.5) is 0 Å². The summed E-state index contributed by atoms with van der Waals surface area (Å²) in [7, 11) is 0. The van der Waals surface area contributed by atoms with Crippen LogP contribution >= 0.6 is 0 Å². The summed E-state index contributed by atoms with van der Waals surface area (Å²) in [6, 6.07) is 8.41. The Morgan fingerprint density at radius 1 is 1.09 bits per heavy atom. The van der Waals surface area contributed by atoms with Crippen LogP contribution in [0.25, 0.3) is 0 Å². The zero-order valence-corrected chi connectivity index (χ0v) is 18.9. The highest BCUT2D eigenvalue weighted by atomic mass is 16.2. The standard InChI is InChI=1S/C25H34N4O3/c1-18(28-15-7-8-16-28)23(30)27-21-12-6-5-11-20-13-14-22(29(20)25(21)32)24(31)26-17-19-9-3-2-4-10-19/h2-4,9-11,18,21-22H,5-8,12-17H2,1H3,(H,26,31)(H,27,30)/b20-11-/t18-,21-,22-/m0/s1. The predicted octanol–water partition coefficient (Wildman–Crippen LogP) is 2.33. The highest BCUT2D eigenvalue weighted by molar-refractivity contribution is 5.94. The Morgan fingerprint density at radius 2 is 1.84 bits per heavy atom. The summed E-state index contributed by atoms with van der Waals surface area (Å²) < 4.78 is 0. The average Bonchev–Trinajstić information content (AvgIpc) is 3.48. The first kappa shape index (κ1) is 22.5. The van der Waals surface area contributed by atoms with E-state index >= 15 is 0 Å². The van der Waals surface area contributed by atoms with Gasteiger partial charge in [-0.3, -0.25) is 19.3 Å². The number of rotatable bonds is 6. The van der Waals surface area contributed by atoms with Gasteiger partial charge in [-0.25, -0.2) is 0 Å². The van der Waals surface area contributed by atoms with Gasteiger partial charge in [0.2, 0.25) is 17.7 Å². The monoisotopic (exact) mass is 438 g/mol. The Labute approximate surface area is 190 Å². The second kappa shape index (κ2) is 10.3. The van der Waals surface area contributed by atoms with E-state index in [9.17, 15) is 14.4 Å². The van der Waals surface area contributed by atoms with Crippen LogP contribution in [0.2, 0.25) is 0 Å². The SMILES string of the molecule is C[C@@H](C(=O)N[C@H]1CCC/C=C2/CC[C@@H](C(=O)NCc3ccccc3)N2C1=O)N1CCCC1. The molecule has 2 fully saturated rings. The Bertz CT molecular complexity index is 863. The first-order chi connectivity index (χ1) is 15.5. The second-order valence-corrected chi connectivity index (χ2v) is 9.07. The molecular formula is C25H34N4O3. The minimum absolute atomic E-state index is 0.0966. The molecule has 0 aromatic heterocycles. The summed E-state index contributed by atoms with van der Waals surface area (Å²) in [6.45, 7) is 4.20. The molecule has 3 aliphatic rings. The Balaban J connectivity index is 1.43. The first-order valence-corrected chi connectivity index (χ1v) is 11.9. The molecule has 1 aromatic carbocycles. The summed E-state index contributed by atoms with van der Waals surface area (Å²) in [5, 5.41) is 6.00. The van der Waals surface area contributed by atoms with E-state index in [4.69, 9.17) is 0 Å². The molecular weight excluding hydrogens is 404 g/mol. The van der Waals surface area contributed by atoms with Crippen molar-refractivity contribution in [2.75, 3.05) is 13.1 Å². The summed E-state index contributed by atoms with van der Waals surface area (Å²) in [5.74, 6) is -0.391. The van der Waals surface area contributed by atoms with Crippen molar-refractivity contribution in [1.29, 1.82) is 0 Å². The molecule has 0 radical (unpaired) electrons. The van der Waals surface area contributed by atoms with Crippen LogP contribution in [-0.4, -0.2) is 58.7 Å². The third-order valence-electron chi connectivity index (χ3n) is 6.90. The zero-order valence-electron chi connectivity index (χ0n) is 18.9. The third kappa shape index (κ3) is 5.04. The highest BCUT2D eigenvalue weighted by Crippen LogP contribution is 2.31. The van der Waals surface area contributed by atoms with E-state index in [0.29, 0.717) is 25.8 Å². The minimum atomic E-state index is -0.584. The van der Waals surface area contributed by atoms with Gasteiger partial charge < -0.3 is 15.5 Å². The van der Waals surface area contributed by atoms with Gasteiger partial charge in [0.15, 0.2) is 0 Å². The van der Waals surface area contributed by atoms with Crippen molar-refractivity contribution in [3.63, 3.8) is 0 Å². The number of allylic oxidation sites excluding steroid dienone is 2. The Morgan fingerprint density at radius 3 is 2.59 bits per heavy atom. The van der Waals surface area contributed by atoms with Crippen LogP contribution in [0, 0.1) is 0 Å². The number of benzene rings is 1. The summed E-state index contributed by atoms with van der Waals surface area (Å²) >= 11 is 0. The molecule has 3 heterocycles. The smallest absolute Gasteiger partial charge is 0.250 e. The Hall–Kier alpha value is -2.67. The van der Waals surface area contributed by atoms with Crippen LogP contribution < -0.4 is 10.6 Å². The normalized spacial score (nSPS) is 26.5. The fourth-order valence-corrected chi connectivity index (χ4v) is 4.98. The van der Waals surface area contributed by atoms with Gasteiger partial charge >= 0.3 is 0 Å². The number of hydrogen-bond donors (Lipinski definition) is 2. The predicted molar refractivity (Wildman–Crippen MR) is 122 cm³/mol. The van der Waals surface area contributed by atoms with Crippen molar-refractivity contribution in [3.8, 4) is 0 Å². The quantitative estimate of drug-likeness (QED) is 0.714. The first-order valence-electron chi connectivity index (χ1n) is 11.9. The van der Waals surface area contributed by atoms with Crippen LogP contribution in [0.5, 0.6) is 0 Å². The molecule has 2 saturated heterocycles. The number of fused-ring (bicyclic) bond motifs is 1. The number of nitrogens with one attached hydrogen (secondary N) is 2. The number of amides is 3. The maximum atomic E-state index is 13.5. The van der Waals surface area contributed by atoms with E-state index < -0.39 is 12.1 Å². The van der Waals surface area contributed by atoms with Gasteiger partial charge in [-0.05, 0) is 70.5 Å². The van der Waals surface area contributed by atoms with E-state index in [2.05, 4.69) is 21.6 Å². The Kier molecular flexibility index (Phi) is 7.25. The average molecular weight is 439 g/mol. The lowest BCUT2D eigenvalue weighted by atomic mass is 10.0. The van der Waals surface area contributed by atoms with E-state index in [0.717, 1.165) is 50.0 Å². The topological polar surface area (TPSA) is 81.8 Å². The van der Waals surface area contributed by atoms with Gasteiger partial charge in [-0.1, -0.05) is 36.4 Å². The number of carbonyl (C=O) groups is 3. The van der Waals surface area contributed by atoms with Crippen LogP contribution in [0.1, 0.15) is 57.4 Å². The molecule has 0 unspecified atom stereocenters. The van der Waals surface area contributed by atoms with Crippen molar-refractivity contribution in [2.45, 2.75) is 76.5 Å². The third-order valence-corrected chi connectivity index (χ3v) is 6.90. The lowest BCUT2D eigenvalue weighted by molar-refractivity contribution is -0.140. The van der Waals surface area contributed by atoms with Crippen LogP contribution in [0.3, 0.4) is 0 Å².